The first-order chi connectivity index (χ1) is 15.5. The summed E-state index contributed by atoms with van der Waals surface area (Å²) < 4.78 is 5.24. The van der Waals surface area contributed by atoms with Crippen LogP contribution in [0.2, 0.25) is 0 Å². The van der Waals surface area contributed by atoms with Gasteiger partial charge in [0.05, 0.1) is 12.7 Å². The summed E-state index contributed by atoms with van der Waals surface area (Å²) in [6, 6.07) is 17.1. The van der Waals surface area contributed by atoms with E-state index in [1.807, 2.05) is 36.1 Å². The maximum atomic E-state index is 13.1. The fraction of sp³-hybridized carbons (Fsp3) is 0.269. The number of methoxy groups -OCH3 is 1. The first-order valence-electron chi connectivity index (χ1n) is 10.8. The van der Waals surface area contributed by atoms with Gasteiger partial charge in [0, 0.05) is 36.7 Å². The molecule has 0 saturated carbocycles. The SMILES string of the molecule is COc1ccc(C2CCN(C(=O)c3ccc(C)c(NC(=O)c4cccnc4)c3)CC2)cc1. The number of carbonyl (C=O) groups is 2. The molecule has 0 radical (unpaired) electrons. The Balaban J connectivity index is 1.41. The van der Waals surface area contributed by atoms with Crippen molar-refractivity contribution in [2.75, 3.05) is 25.5 Å². The quantitative estimate of drug-likeness (QED) is 0.640. The Morgan fingerprint density at radius 3 is 2.44 bits per heavy atom. The number of ether oxygens (including phenoxy) is 1. The molecule has 6 nitrogen and oxygen atoms in total. The molecule has 0 aliphatic carbocycles. The number of likely N-dealkylation sites (tertiary alicyclic amines) is 1. The van der Waals surface area contributed by atoms with Crippen LogP contribution in [0.15, 0.2) is 67.0 Å². The molecule has 1 aromatic heterocycles. The summed E-state index contributed by atoms with van der Waals surface area (Å²) in [5.41, 5.74) is 3.88. The van der Waals surface area contributed by atoms with Gasteiger partial charge in [-0.05, 0) is 73.2 Å². The van der Waals surface area contributed by atoms with Gasteiger partial charge in [-0.25, -0.2) is 0 Å². The third-order valence-corrected chi connectivity index (χ3v) is 6.03. The Morgan fingerprint density at radius 1 is 1.03 bits per heavy atom. The van der Waals surface area contributed by atoms with Crippen molar-refractivity contribution in [3.8, 4) is 5.75 Å². The molecule has 2 heterocycles. The van der Waals surface area contributed by atoms with E-state index < -0.39 is 0 Å². The molecule has 1 N–H and O–H groups in total. The average molecular weight is 430 g/mol. The molecule has 2 amide bonds. The van der Waals surface area contributed by atoms with Gasteiger partial charge in [0.25, 0.3) is 11.8 Å². The van der Waals surface area contributed by atoms with E-state index in [2.05, 4.69) is 22.4 Å². The lowest BCUT2D eigenvalue weighted by molar-refractivity contribution is 0.0712. The van der Waals surface area contributed by atoms with Gasteiger partial charge in [-0.2, -0.15) is 0 Å². The Hall–Kier alpha value is -3.67. The number of anilines is 1. The lowest BCUT2D eigenvalue weighted by Crippen LogP contribution is -2.38. The van der Waals surface area contributed by atoms with E-state index in [-0.39, 0.29) is 11.8 Å². The van der Waals surface area contributed by atoms with Gasteiger partial charge in [0.15, 0.2) is 0 Å². The van der Waals surface area contributed by atoms with Crippen LogP contribution in [0.5, 0.6) is 5.75 Å². The van der Waals surface area contributed by atoms with Gasteiger partial charge in [-0.1, -0.05) is 18.2 Å². The number of rotatable bonds is 5. The fourth-order valence-electron chi connectivity index (χ4n) is 4.06. The number of hydrogen-bond acceptors (Lipinski definition) is 4. The molecule has 0 spiro atoms. The summed E-state index contributed by atoms with van der Waals surface area (Å²) in [6.07, 6.45) is 4.99. The first-order valence-corrected chi connectivity index (χ1v) is 10.8. The Morgan fingerprint density at radius 2 is 1.78 bits per heavy atom. The highest BCUT2D eigenvalue weighted by atomic mass is 16.5. The van der Waals surface area contributed by atoms with Crippen LogP contribution in [0.1, 0.15) is 50.6 Å². The number of piperidine rings is 1. The summed E-state index contributed by atoms with van der Waals surface area (Å²) in [6.45, 7) is 3.33. The fourth-order valence-corrected chi connectivity index (χ4v) is 4.06. The maximum Gasteiger partial charge on any atom is 0.257 e. The van der Waals surface area contributed by atoms with Gasteiger partial charge < -0.3 is 15.0 Å². The molecule has 1 aliphatic heterocycles. The molecule has 32 heavy (non-hydrogen) atoms. The molecule has 6 heteroatoms. The van der Waals surface area contributed by atoms with Crippen LogP contribution in [-0.2, 0) is 0 Å². The monoisotopic (exact) mass is 429 g/mol. The van der Waals surface area contributed by atoms with Crippen LogP contribution in [0.4, 0.5) is 5.69 Å². The largest absolute Gasteiger partial charge is 0.497 e. The summed E-state index contributed by atoms with van der Waals surface area (Å²) in [4.78, 5) is 31.5. The van der Waals surface area contributed by atoms with E-state index in [4.69, 9.17) is 4.74 Å². The van der Waals surface area contributed by atoms with Crippen LogP contribution < -0.4 is 10.1 Å². The normalized spacial score (nSPS) is 14.1. The van der Waals surface area contributed by atoms with E-state index in [9.17, 15) is 9.59 Å². The second kappa shape index (κ2) is 9.64. The lowest BCUT2D eigenvalue weighted by Gasteiger charge is -2.32. The van der Waals surface area contributed by atoms with Gasteiger partial charge in [-0.3, -0.25) is 14.6 Å². The predicted octanol–water partition coefficient (Wildman–Crippen LogP) is 4.67. The number of nitrogens with one attached hydrogen (secondary N) is 1. The van der Waals surface area contributed by atoms with Crippen molar-refractivity contribution >= 4 is 17.5 Å². The Labute approximate surface area is 188 Å². The number of pyridine rings is 1. The van der Waals surface area contributed by atoms with Gasteiger partial charge in [0.2, 0.25) is 0 Å². The van der Waals surface area contributed by atoms with E-state index in [1.54, 1.807) is 31.5 Å². The van der Waals surface area contributed by atoms with Crippen LogP contribution in [0.3, 0.4) is 0 Å². The van der Waals surface area contributed by atoms with Crippen LogP contribution in [0, 0.1) is 6.92 Å². The highest BCUT2D eigenvalue weighted by Crippen LogP contribution is 2.30. The third kappa shape index (κ3) is 4.80. The molecule has 1 saturated heterocycles. The van der Waals surface area contributed by atoms with Crippen LogP contribution in [-0.4, -0.2) is 41.9 Å². The van der Waals surface area contributed by atoms with Crippen LogP contribution >= 0.6 is 0 Å². The number of aryl methyl sites for hydroxylation is 1. The number of amides is 2. The van der Waals surface area contributed by atoms with Crippen molar-refractivity contribution in [2.24, 2.45) is 0 Å². The molecule has 4 rings (SSSR count). The molecular formula is C26H27N3O3. The van der Waals surface area contributed by atoms with Crippen molar-refractivity contribution in [3.63, 3.8) is 0 Å². The molecule has 0 atom stereocenters. The number of benzene rings is 2. The predicted molar refractivity (Wildman–Crippen MR) is 124 cm³/mol. The molecular weight excluding hydrogens is 402 g/mol. The minimum Gasteiger partial charge on any atom is -0.497 e. The zero-order valence-electron chi connectivity index (χ0n) is 18.4. The van der Waals surface area contributed by atoms with E-state index in [0.717, 1.165) is 24.2 Å². The summed E-state index contributed by atoms with van der Waals surface area (Å²) in [7, 11) is 1.67. The Kier molecular flexibility index (Phi) is 6.50. The van der Waals surface area contributed by atoms with Gasteiger partial charge >= 0.3 is 0 Å². The van der Waals surface area contributed by atoms with Crippen molar-refractivity contribution in [2.45, 2.75) is 25.7 Å². The molecule has 1 aliphatic rings. The zero-order valence-corrected chi connectivity index (χ0v) is 18.4. The van der Waals surface area contributed by atoms with Crippen LogP contribution in [0.25, 0.3) is 0 Å². The number of carbonyl (C=O) groups excluding carboxylic acids is 2. The van der Waals surface area contributed by atoms with E-state index in [1.165, 1.54) is 11.8 Å². The van der Waals surface area contributed by atoms with E-state index in [0.29, 0.717) is 35.8 Å². The van der Waals surface area contributed by atoms with Gasteiger partial charge in [0.1, 0.15) is 5.75 Å². The van der Waals surface area contributed by atoms with Crippen molar-refractivity contribution in [1.29, 1.82) is 0 Å². The minimum atomic E-state index is -0.244. The standard InChI is InChI=1S/C26H27N3O3/c1-18-5-6-21(16-24(18)28-25(30)22-4-3-13-27-17-22)26(31)29-14-11-20(12-15-29)19-7-9-23(32-2)10-8-19/h3-10,13,16-17,20H,11-12,14-15H2,1-2H3,(H,28,30). The smallest absolute Gasteiger partial charge is 0.257 e. The minimum absolute atomic E-state index is 0.00458. The second-order valence-corrected chi connectivity index (χ2v) is 8.07. The molecule has 3 aromatic rings. The zero-order chi connectivity index (χ0) is 22.5. The van der Waals surface area contributed by atoms with Crippen molar-refractivity contribution in [1.82, 2.24) is 9.88 Å². The maximum absolute atomic E-state index is 13.1. The number of aromatic nitrogens is 1. The van der Waals surface area contributed by atoms with Crippen molar-refractivity contribution in [3.05, 3.63) is 89.2 Å². The average Bonchev–Trinajstić information content (AvgIpc) is 2.85. The number of nitrogens with zero attached hydrogens (tertiary/aromatic N) is 2. The van der Waals surface area contributed by atoms with E-state index >= 15 is 0 Å². The highest BCUT2D eigenvalue weighted by Gasteiger charge is 2.25. The number of hydrogen-bond donors (Lipinski definition) is 1. The first kappa shape index (κ1) is 21.6. The molecule has 0 unspecified atom stereocenters. The molecule has 0 bridgehead atoms. The Bertz CT molecular complexity index is 1090. The lowest BCUT2D eigenvalue weighted by atomic mass is 9.89. The highest BCUT2D eigenvalue weighted by molar-refractivity contribution is 6.05. The molecule has 164 valence electrons. The molecule has 1 fully saturated rings. The summed E-state index contributed by atoms with van der Waals surface area (Å²) >= 11 is 0. The second-order valence-electron chi connectivity index (χ2n) is 8.07. The summed E-state index contributed by atoms with van der Waals surface area (Å²) in [5, 5.41) is 2.90. The van der Waals surface area contributed by atoms with Gasteiger partial charge in [-0.15, -0.1) is 0 Å². The van der Waals surface area contributed by atoms with Crippen molar-refractivity contribution < 1.29 is 14.3 Å². The third-order valence-electron chi connectivity index (χ3n) is 6.03. The molecule has 2 aromatic carbocycles. The summed E-state index contributed by atoms with van der Waals surface area (Å²) in [5.74, 6) is 1.05. The topological polar surface area (TPSA) is 71.5 Å².